The van der Waals surface area contributed by atoms with Crippen LogP contribution in [0.3, 0.4) is 0 Å². The van der Waals surface area contributed by atoms with Gasteiger partial charge in [-0.15, -0.1) is 0 Å². The predicted octanol–water partition coefficient (Wildman–Crippen LogP) is 1.25. The Bertz CT molecular complexity index is 611. The number of nitrogens with zero attached hydrogens (tertiary/aromatic N) is 1. The summed E-state index contributed by atoms with van der Waals surface area (Å²) in [5.74, 6) is 0.361. The van der Waals surface area contributed by atoms with Crippen molar-refractivity contribution in [1.82, 2.24) is 0 Å². The van der Waals surface area contributed by atoms with Gasteiger partial charge < -0.3 is 10.6 Å². The Morgan fingerprint density at radius 2 is 2.16 bits per heavy atom. The van der Waals surface area contributed by atoms with Crippen molar-refractivity contribution in [2.45, 2.75) is 19.9 Å². The van der Waals surface area contributed by atoms with E-state index >= 15 is 0 Å². The van der Waals surface area contributed by atoms with Crippen LogP contribution >= 0.6 is 12.2 Å². The topological polar surface area (TPSA) is 63.4 Å². The second-order valence-corrected chi connectivity index (χ2v) is 7.71. The molecular formula is C13H18N2O2S2. The third kappa shape index (κ3) is 3.06. The summed E-state index contributed by atoms with van der Waals surface area (Å²) in [6, 6.07) is 5.85. The van der Waals surface area contributed by atoms with E-state index in [9.17, 15) is 8.42 Å². The average molecular weight is 298 g/mol. The molecule has 0 aliphatic carbocycles. The van der Waals surface area contributed by atoms with Gasteiger partial charge >= 0.3 is 0 Å². The van der Waals surface area contributed by atoms with Crippen molar-refractivity contribution in [1.29, 1.82) is 0 Å². The minimum absolute atomic E-state index is 0.0606. The lowest BCUT2D eigenvalue weighted by Gasteiger charge is -2.36. The fourth-order valence-corrected chi connectivity index (χ4v) is 4.17. The highest BCUT2D eigenvalue weighted by Crippen LogP contribution is 2.26. The van der Waals surface area contributed by atoms with E-state index in [4.69, 9.17) is 18.0 Å². The summed E-state index contributed by atoms with van der Waals surface area (Å²) in [5.41, 5.74) is 8.61. The zero-order valence-electron chi connectivity index (χ0n) is 11.1. The molecule has 1 saturated heterocycles. The summed E-state index contributed by atoms with van der Waals surface area (Å²) >= 11 is 5.10. The number of rotatable bonds is 2. The van der Waals surface area contributed by atoms with Gasteiger partial charge in [-0.1, -0.05) is 23.8 Å². The summed E-state index contributed by atoms with van der Waals surface area (Å²) < 4.78 is 23.3. The van der Waals surface area contributed by atoms with Crippen molar-refractivity contribution in [2.24, 2.45) is 5.73 Å². The van der Waals surface area contributed by atoms with Crippen molar-refractivity contribution in [2.75, 3.05) is 23.0 Å². The van der Waals surface area contributed by atoms with Crippen LogP contribution in [-0.2, 0) is 9.84 Å². The first-order valence-corrected chi connectivity index (χ1v) is 8.40. The second kappa shape index (κ2) is 5.09. The Morgan fingerprint density at radius 3 is 2.74 bits per heavy atom. The van der Waals surface area contributed by atoms with Gasteiger partial charge in [-0.25, -0.2) is 8.42 Å². The molecule has 0 radical (unpaired) electrons. The minimum Gasteiger partial charge on any atom is -0.389 e. The first kappa shape index (κ1) is 14.3. The Hall–Kier alpha value is -1.14. The highest BCUT2D eigenvalue weighted by Gasteiger charge is 2.29. The third-order valence-corrected chi connectivity index (χ3v) is 5.41. The molecule has 1 aromatic rings. The van der Waals surface area contributed by atoms with Gasteiger partial charge in [-0.2, -0.15) is 0 Å². The Labute approximate surface area is 119 Å². The third-order valence-electron chi connectivity index (χ3n) is 3.40. The van der Waals surface area contributed by atoms with Crippen molar-refractivity contribution < 1.29 is 8.42 Å². The van der Waals surface area contributed by atoms with Gasteiger partial charge in [0.1, 0.15) is 4.99 Å². The molecule has 0 bridgehead atoms. The first-order valence-electron chi connectivity index (χ1n) is 6.18. The molecule has 0 spiro atoms. The quantitative estimate of drug-likeness (QED) is 0.833. The smallest absolute Gasteiger partial charge is 0.154 e. The van der Waals surface area contributed by atoms with Crippen molar-refractivity contribution in [3.8, 4) is 0 Å². The van der Waals surface area contributed by atoms with E-state index < -0.39 is 9.84 Å². The molecule has 0 saturated carbocycles. The zero-order valence-corrected chi connectivity index (χ0v) is 12.7. The molecule has 1 unspecified atom stereocenters. The van der Waals surface area contributed by atoms with Gasteiger partial charge in [0.25, 0.3) is 0 Å². The number of hydrogen-bond donors (Lipinski definition) is 1. The van der Waals surface area contributed by atoms with Crippen LogP contribution in [0.15, 0.2) is 18.2 Å². The van der Waals surface area contributed by atoms with E-state index in [-0.39, 0.29) is 17.5 Å². The van der Waals surface area contributed by atoms with Crippen LogP contribution < -0.4 is 10.6 Å². The lowest BCUT2D eigenvalue weighted by Crippen LogP contribution is -2.47. The van der Waals surface area contributed by atoms with E-state index in [0.29, 0.717) is 11.5 Å². The fourth-order valence-electron chi connectivity index (χ4n) is 2.45. The molecule has 19 heavy (non-hydrogen) atoms. The van der Waals surface area contributed by atoms with E-state index in [0.717, 1.165) is 16.8 Å². The average Bonchev–Trinajstić information content (AvgIpc) is 2.28. The molecule has 6 heteroatoms. The van der Waals surface area contributed by atoms with Gasteiger partial charge in [0.2, 0.25) is 0 Å². The van der Waals surface area contributed by atoms with Crippen molar-refractivity contribution >= 4 is 32.7 Å². The Balaban J connectivity index is 2.40. The number of benzene rings is 1. The van der Waals surface area contributed by atoms with Crippen LogP contribution in [0.2, 0.25) is 0 Å². The van der Waals surface area contributed by atoms with Gasteiger partial charge in [0, 0.05) is 23.8 Å². The second-order valence-electron chi connectivity index (χ2n) is 5.04. The number of anilines is 1. The van der Waals surface area contributed by atoms with Crippen LogP contribution in [0.1, 0.15) is 18.1 Å². The van der Waals surface area contributed by atoms with Crippen LogP contribution in [0.5, 0.6) is 0 Å². The normalized spacial score (nSPS) is 22.2. The predicted molar refractivity (Wildman–Crippen MR) is 82.5 cm³/mol. The molecule has 2 N–H and O–H groups in total. The molecule has 1 aliphatic rings. The van der Waals surface area contributed by atoms with E-state index in [2.05, 4.69) is 4.90 Å². The molecule has 104 valence electrons. The summed E-state index contributed by atoms with van der Waals surface area (Å²) in [7, 11) is -2.92. The van der Waals surface area contributed by atoms with Crippen LogP contribution in [0, 0.1) is 6.92 Å². The monoisotopic (exact) mass is 298 g/mol. The number of sulfone groups is 1. The number of hydrogen-bond acceptors (Lipinski definition) is 4. The summed E-state index contributed by atoms with van der Waals surface area (Å²) in [5, 5.41) is 0. The Morgan fingerprint density at radius 1 is 1.47 bits per heavy atom. The Kier molecular flexibility index (Phi) is 3.82. The fraction of sp³-hybridized carbons (Fsp3) is 0.462. The van der Waals surface area contributed by atoms with Crippen LogP contribution in [0.25, 0.3) is 0 Å². The van der Waals surface area contributed by atoms with Crippen molar-refractivity contribution in [3.05, 3.63) is 29.3 Å². The van der Waals surface area contributed by atoms with Gasteiger partial charge in [0.15, 0.2) is 9.84 Å². The van der Waals surface area contributed by atoms with Gasteiger partial charge in [-0.3, -0.25) is 0 Å². The van der Waals surface area contributed by atoms with Gasteiger partial charge in [-0.05, 0) is 26.0 Å². The summed E-state index contributed by atoms with van der Waals surface area (Å²) in [6.45, 7) is 4.39. The minimum atomic E-state index is -2.92. The van der Waals surface area contributed by atoms with Crippen LogP contribution in [-0.4, -0.2) is 37.5 Å². The van der Waals surface area contributed by atoms with Gasteiger partial charge in [0.05, 0.1) is 11.5 Å². The molecule has 1 heterocycles. The van der Waals surface area contributed by atoms with Crippen molar-refractivity contribution in [3.63, 3.8) is 0 Å². The summed E-state index contributed by atoms with van der Waals surface area (Å²) in [4.78, 5) is 2.42. The maximum atomic E-state index is 11.6. The lowest BCUT2D eigenvalue weighted by atomic mass is 10.1. The van der Waals surface area contributed by atoms with E-state index in [1.54, 1.807) is 0 Å². The standard InChI is InChI=1S/C13H18N2O2S2/c1-9-3-4-12(11(7-9)13(14)18)15-5-6-19(16,17)8-10(15)2/h3-4,7,10H,5-6,8H2,1-2H3,(H2,14,18). The van der Waals surface area contributed by atoms with E-state index in [1.165, 1.54) is 0 Å². The maximum Gasteiger partial charge on any atom is 0.154 e. The molecular weight excluding hydrogens is 280 g/mol. The number of aryl methyl sites for hydroxylation is 1. The highest BCUT2D eigenvalue weighted by atomic mass is 32.2. The number of thiocarbonyl (C=S) groups is 1. The molecule has 0 amide bonds. The maximum absolute atomic E-state index is 11.6. The SMILES string of the molecule is Cc1ccc(N2CCS(=O)(=O)CC2C)c(C(N)=S)c1. The molecule has 0 aromatic heterocycles. The molecule has 4 nitrogen and oxygen atoms in total. The highest BCUT2D eigenvalue weighted by molar-refractivity contribution is 7.91. The molecule has 1 fully saturated rings. The molecule has 1 aromatic carbocycles. The largest absolute Gasteiger partial charge is 0.389 e. The first-order chi connectivity index (χ1) is 8.80. The summed E-state index contributed by atoms with van der Waals surface area (Å²) in [6.07, 6.45) is 0. The number of nitrogens with two attached hydrogens (primary N) is 1. The zero-order chi connectivity index (χ0) is 14.2. The van der Waals surface area contributed by atoms with Crippen LogP contribution in [0.4, 0.5) is 5.69 Å². The molecule has 1 aliphatic heterocycles. The molecule has 1 atom stereocenters. The van der Waals surface area contributed by atoms with E-state index in [1.807, 2.05) is 32.0 Å². The molecule has 2 rings (SSSR count). The lowest BCUT2D eigenvalue weighted by molar-refractivity contribution is 0.568.